The summed E-state index contributed by atoms with van der Waals surface area (Å²) in [4.78, 5) is 0. The molecule has 0 radical (unpaired) electrons. The summed E-state index contributed by atoms with van der Waals surface area (Å²) in [6, 6.07) is 13.5. The molecule has 0 N–H and O–H groups in total. The Bertz CT molecular complexity index is 1150. The molecule has 0 aliphatic carbocycles. The summed E-state index contributed by atoms with van der Waals surface area (Å²) in [7, 11) is -0.518. The highest BCUT2D eigenvalue weighted by Crippen LogP contribution is 2.38. The lowest BCUT2D eigenvalue weighted by molar-refractivity contribution is -0.578. The van der Waals surface area contributed by atoms with Gasteiger partial charge in [-0.1, -0.05) is 91.8 Å². The standard InChI is InChI=1S/C33H48BN2O2/c1-21(2)25-15-13-16-26(22(3)4)29(25)35-19-20-36(31(35)34-37-32(9,10)33(11,12)38-34)30-27(23(5)6)17-14-18-28(30)24(7)8/h13-24H,1-12H3/q+1. The topological polar surface area (TPSA) is 27.3 Å². The van der Waals surface area contributed by atoms with Gasteiger partial charge in [0.1, 0.15) is 23.8 Å². The second-order valence-corrected chi connectivity index (χ2v) is 13.2. The summed E-state index contributed by atoms with van der Waals surface area (Å²) >= 11 is 0. The van der Waals surface area contributed by atoms with Gasteiger partial charge in [-0.15, -0.1) is 0 Å². The van der Waals surface area contributed by atoms with E-state index in [2.05, 4.69) is 141 Å². The predicted molar refractivity (Wildman–Crippen MR) is 159 cm³/mol. The quantitative estimate of drug-likeness (QED) is 0.240. The molecule has 0 atom stereocenters. The van der Waals surface area contributed by atoms with Gasteiger partial charge >= 0.3 is 7.12 Å². The molecule has 2 aromatic carbocycles. The molecule has 0 bridgehead atoms. The number of nitrogens with zero attached hydrogens (tertiary/aromatic N) is 2. The zero-order valence-electron chi connectivity index (χ0n) is 25.7. The van der Waals surface area contributed by atoms with E-state index in [0.717, 1.165) is 5.72 Å². The van der Waals surface area contributed by atoms with E-state index in [-0.39, 0.29) is 0 Å². The first-order chi connectivity index (χ1) is 17.7. The molecule has 0 spiro atoms. The first-order valence-electron chi connectivity index (χ1n) is 14.4. The molecule has 38 heavy (non-hydrogen) atoms. The number of benzene rings is 2. The molecule has 1 fully saturated rings. The molecule has 0 saturated carbocycles. The maximum Gasteiger partial charge on any atom is 0.592 e. The van der Waals surface area contributed by atoms with Crippen molar-refractivity contribution in [2.45, 2.75) is 118 Å². The third-order valence-electron chi connectivity index (χ3n) is 8.49. The van der Waals surface area contributed by atoms with Crippen molar-refractivity contribution in [2.24, 2.45) is 0 Å². The van der Waals surface area contributed by atoms with Gasteiger partial charge in [0.25, 0.3) is 5.72 Å². The van der Waals surface area contributed by atoms with Gasteiger partial charge in [-0.25, -0.2) is 9.13 Å². The fourth-order valence-electron chi connectivity index (χ4n) is 5.54. The maximum atomic E-state index is 6.77. The van der Waals surface area contributed by atoms with Crippen LogP contribution in [0.3, 0.4) is 0 Å². The molecule has 5 heteroatoms. The third kappa shape index (κ3) is 4.88. The Morgan fingerprint density at radius 1 is 0.658 bits per heavy atom. The van der Waals surface area contributed by atoms with Gasteiger partial charge in [-0.05, 0) is 51.4 Å². The minimum atomic E-state index is -0.518. The summed E-state index contributed by atoms with van der Waals surface area (Å²) in [6.07, 6.45) is 4.43. The van der Waals surface area contributed by atoms with Crippen molar-refractivity contribution in [1.29, 1.82) is 0 Å². The number of rotatable bonds is 7. The van der Waals surface area contributed by atoms with Crippen molar-refractivity contribution in [1.82, 2.24) is 4.57 Å². The Morgan fingerprint density at radius 3 is 1.45 bits per heavy atom. The maximum absolute atomic E-state index is 6.77. The van der Waals surface area contributed by atoms with Crippen LogP contribution in [0.1, 0.15) is 129 Å². The van der Waals surface area contributed by atoms with E-state index < -0.39 is 18.3 Å². The predicted octanol–water partition coefficient (Wildman–Crippen LogP) is 7.55. The summed E-state index contributed by atoms with van der Waals surface area (Å²) in [5.41, 5.74) is 7.94. The van der Waals surface area contributed by atoms with Crippen LogP contribution in [-0.2, 0) is 9.31 Å². The Labute approximate surface area is 231 Å². The van der Waals surface area contributed by atoms with Gasteiger partial charge in [0, 0.05) is 22.3 Å². The fourth-order valence-corrected chi connectivity index (χ4v) is 5.54. The highest BCUT2D eigenvalue weighted by Gasteiger charge is 2.57. The van der Waals surface area contributed by atoms with Crippen LogP contribution < -0.4 is 10.3 Å². The van der Waals surface area contributed by atoms with Crippen molar-refractivity contribution in [3.05, 3.63) is 71.0 Å². The average molecular weight is 516 g/mol. The van der Waals surface area contributed by atoms with Crippen LogP contribution in [0.2, 0.25) is 0 Å². The molecule has 3 aromatic rings. The number of hydrogen-bond donors (Lipinski definition) is 0. The SMILES string of the molecule is CC(C)c1cccc(C(C)C)c1-n1cc[n+](-c2c(C(C)C)cccc2C(C)C)c1B1OC(C)(C)C(C)(C)O1. The molecular formula is C33H48BN2O2+. The number of para-hydroxylation sites is 2. The summed E-state index contributed by atoms with van der Waals surface area (Å²) in [5.74, 6) is 1.50. The lowest BCUT2D eigenvalue weighted by Gasteiger charge is -2.32. The zero-order valence-corrected chi connectivity index (χ0v) is 25.7. The van der Waals surface area contributed by atoms with Crippen LogP contribution in [0.5, 0.6) is 0 Å². The lowest BCUT2D eigenvalue weighted by Crippen LogP contribution is -2.58. The first-order valence-corrected chi connectivity index (χ1v) is 14.4. The number of aromatic nitrogens is 2. The molecule has 0 amide bonds. The van der Waals surface area contributed by atoms with Gasteiger partial charge < -0.3 is 9.31 Å². The van der Waals surface area contributed by atoms with Crippen LogP contribution in [0.15, 0.2) is 48.8 Å². The molecule has 1 aromatic heterocycles. The summed E-state index contributed by atoms with van der Waals surface area (Å²) in [6.45, 7) is 26.8. The van der Waals surface area contributed by atoms with Crippen molar-refractivity contribution >= 4 is 12.8 Å². The summed E-state index contributed by atoms with van der Waals surface area (Å²) in [5, 5.41) is 0. The Balaban J connectivity index is 2.12. The minimum Gasteiger partial charge on any atom is -0.394 e. The molecule has 4 rings (SSSR count). The fraction of sp³-hybridized carbons (Fsp3) is 0.545. The van der Waals surface area contributed by atoms with Gasteiger partial charge in [-0.3, -0.25) is 0 Å². The highest BCUT2D eigenvalue weighted by atomic mass is 16.7. The Hall–Kier alpha value is -2.37. The second-order valence-electron chi connectivity index (χ2n) is 13.2. The first kappa shape index (κ1) is 28.6. The largest absolute Gasteiger partial charge is 0.592 e. The van der Waals surface area contributed by atoms with Gasteiger partial charge in [0.05, 0.1) is 11.2 Å². The Morgan fingerprint density at radius 2 is 1.05 bits per heavy atom. The summed E-state index contributed by atoms with van der Waals surface area (Å²) < 4.78 is 18.3. The minimum absolute atomic E-state index is 0.375. The van der Waals surface area contributed by atoms with E-state index in [9.17, 15) is 0 Å². The smallest absolute Gasteiger partial charge is 0.394 e. The van der Waals surface area contributed by atoms with E-state index in [0.29, 0.717) is 23.7 Å². The van der Waals surface area contributed by atoms with E-state index >= 15 is 0 Å². The van der Waals surface area contributed by atoms with Crippen molar-refractivity contribution in [2.75, 3.05) is 0 Å². The number of hydrogen-bond acceptors (Lipinski definition) is 2. The van der Waals surface area contributed by atoms with E-state index in [1.165, 1.54) is 33.6 Å². The average Bonchev–Trinajstić information content (AvgIpc) is 3.34. The van der Waals surface area contributed by atoms with E-state index in [4.69, 9.17) is 9.31 Å². The normalized spacial score (nSPS) is 17.0. The van der Waals surface area contributed by atoms with E-state index in [1.807, 2.05) is 0 Å². The molecule has 0 unspecified atom stereocenters. The molecule has 1 aliphatic rings. The number of imidazole rings is 1. The molecule has 1 saturated heterocycles. The van der Waals surface area contributed by atoms with Crippen LogP contribution >= 0.6 is 0 Å². The van der Waals surface area contributed by atoms with Crippen LogP contribution in [0.4, 0.5) is 0 Å². The second kappa shape index (κ2) is 10.3. The van der Waals surface area contributed by atoms with E-state index in [1.54, 1.807) is 0 Å². The van der Waals surface area contributed by atoms with Gasteiger partial charge in [-0.2, -0.15) is 0 Å². The molecule has 4 nitrogen and oxygen atoms in total. The van der Waals surface area contributed by atoms with Crippen molar-refractivity contribution in [3.8, 4) is 11.4 Å². The highest BCUT2D eigenvalue weighted by molar-refractivity contribution is 6.59. The monoisotopic (exact) mass is 515 g/mol. The molecule has 204 valence electrons. The third-order valence-corrected chi connectivity index (χ3v) is 8.49. The van der Waals surface area contributed by atoms with Crippen molar-refractivity contribution in [3.63, 3.8) is 0 Å². The van der Waals surface area contributed by atoms with Gasteiger partial charge in [0.15, 0.2) is 0 Å². The molecular weight excluding hydrogens is 467 g/mol. The van der Waals surface area contributed by atoms with Crippen LogP contribution in [-0.4, -0.2) is 22.9 Å². The Kier molecular flexibility index (Phi) is 7.77. The van der Waals surface area contributed by atoms with Crippen LogP contribution in [0.25, 0.3) is 11.4 Å². The molecule has 2 heterocycles. The van der Waals surface area contributed by atoms with Crippen molar-refractivity contribution < 1.29 is 13.9 Å². The molecule has 1 aliphatic heterocycles. The van der Waals surface area contributed by atoms with Crippen LogP contribution in [0, 0.1) is 0 Å². The lowest BCUT2D eigenvalue weighted by atomic mass is 9.85. The zero-order chi connectivity index (χ0) is 28.2. The van der Waals surface area contributed by atoms with Gasteiger partial charge in [0.2, 0.25) is 0 Å².